The highest BCUT2D eigenvalue weighted by atomic mass is 19.1. The molecule has 2 heterocycles. The van der Waals surface area contributed by atoms with E-state index in [2.05, 4.69) is 5.32 Å². The second kappa shape index (κ2) is 8.57. The second-order valence-corrected chi connectivity index (χ2v) is 8.75. The van der Waals surface area contributed by atoms with Crippen molar-refractivity contribution < 1.29 is 18.7 Å². The standard InChI is InChI=1S/C21H31FN4O3/c1-21(2,3)29-20(28)26-12-10-25(11-13-26)17-8-7-15(14-16(17)22)23-19(27)18-6-5-9-24(18)4/h7-8,14,18H,5-6,9-13H2,1-4H3,(H,23,27)/t18-/m1/s1. The molecule has 1 aromatic carbocycles. The summed E-state index contributed by atoms with van der Waals surface area (Å²) < 4.78 is 20.1. The van der Waals surface area contributed by atoms with Crippen molar-refractivity contribution in [2.45, 2.75) is 45.3 Å². The van der Waals surface area contributed by atoms with E-state index in [1.54, 1.807) is 17.0 Å². The summed E-state index contributed by atoms with van der Waals surface area (Å²) >= 11 is 0. The molecule has 0 unspecified atom stereocenters. The highest BCUT2D eigenvalue weighted by molar-refractivity contribution is 5.95. The zero-order chi connectivity index (χ0) is 21.2. The molecule has 0 radical (unpaired) electrons. The van der Waals surface area contributed by atoms with E-state index < -0.39 is 5.60 Å². The predicted octanol–water partition coefficient (Wildman–Crippen LogP) is 2.92. The van der Waals surface area contributed by atoms with Crippen LogP contribution in [-0.4, -0.2) is 73.2 Å². The Kier molecular flexibility index (Phi) is 6.31. The number of likely N-dealkylation sites (tertiary alicyclic amines) is 1. The molecule has 2 aliphatic rings. The Morgan fingerprint density at radius 3 is 2.38 bits per heavy atom. The topological polar surface area (TPSA) is 65.1 Å². The predicted molar refractivity (Wildman–Crippen MR) is 111 cm³/mol. The number of anilines is 2. The zero-order valence-corrected chi connectivity index (χ0v) is 17.7. The lowest BCUT2D eigenvalue weighted by Crippen LogP contribution is -2.50. The first kappa shape index (κ1) is 21.4. The van der Waals surface area contributed by atoms with Gasteiger partial charge in [-0.1, -0.05) is 0 Å². The number of hydrogen-bond donors (Lipinski definition) is 1. The van der Waals surface area contributed by atoms with Crippen molar-refractivity contribution in [1.82, 2.24) is 9.80 Å². The molecule has 160 valence electrons. The number of carbonyl (C=O) groups excluding carboxylic acids is 2. The number of carbonyl (C=O) groups is 2. The molecular weight excluding hydrogens is 375 g/mol. The highest BCUT2D eigenvalue weighted by Crippen LogP contribution is 2.25. The zero-order valence-electron chi connectivity index (χ0n) is 17.7. The number of likely N-dealkylation sites (N-methyl/N-ethyl adjacent to an activating group) is 1. The van der Waals surface area contributed by atoms with Gasteiger partial charge in [0.1, 0.15) is 11.4 Å². The molecule has 1 N–H and O–H groups in total. The van der Waals surface area contributed by atoms with Gasteiger partial charge in [-0.3, -0.25) is 9.69 Å². The van der Waals surface area contributed by atoms with E-state index in [4.69, 9.17) is 4.74 Å². The van der Waals surface area contributed by atoms with Crippen molar-refractivity contribution in [3.8, 4) is 0 Å². The van der Waals surface area contributed by atoms with Gasteiger partial charge in [-0.2, -0.15) is 0 Å². The van der Waals surface area contributed by atoms with Crippen LogP contribution >= 0.6 is 0 Å². The van der Waals surface area contributed by atoms with Crippen molar-refractivity contribution in [2.24, 2.45) is 0 Å². The number of rotatable bonds is 3. The van der Waals surface area contributed by atoms with Gasteiger partial charge in [0.15, 0.2) is 0 Å². The van der Waals surface area contributed by atoms with Crippen LogP contribution in [-0.2, 0) is 9.53 Å². The van der Waals surface area contributed by atoms with Crippen molar-refractivity contribution in [1.29, 1.82) is 0 Å². The normalized spacial score (nSPS) is 20.7. The molecule has 1 atom stereocenters. The minimum Gasteiger partial charge on any atom is -0.444 e. The van der Waals surface area contributed by atoms with Gasteiger partial charge in [-0.15, -0.1) is 0 Å². The molecule has 2 aliphatic heterocycles. The van der Waals surface area contributed by atoms with E-state index in [0.29, 0.717) is 37.6 Å². The maximum atomic E-state index is 14.7. The Bertz CT molecular complexity index is 757. The fraction of sp³-hybridized carbons (Fsp3) is 0.619. The highest BCUT2D eigenvalue weighted by Gasteiger charge is 2.29. The smallest absolute Gasteiger partial charge is 0.410 e. The van der Waals surface area contributed by atoms with E-state index in [9.17, 15) is 14.0 Å². The maximum Gasteiger partial charge on any atom is 0.410 e. The first-order valence-electron chi connectivity index (χ1n) is 10.2. The Balaban J connectivity index is 1.57. The molecule has 2 fully saturated rings. The van der Waals surface area contributed by atoms with Gasteiger partial charge in [0.25, 0.3) is 0 Å². The van der Waals surface area contributed by atoms with E-state index in [-0.39, 0.29) is 23.9 Å². The number of piperazine rings is 1. The summed E-state index contributed by atoms with van der Waals surface area (Å²) in [4.78, 5) is 30.1. The maximum absolute atomic E-state index is 14.7. The minimum atomic E-state index is -0.534. The number of nitrogens with zero attached hydrogens (tertiary/aromatic N) is 3. The number of amides is 2. The Morgan fingerprint density at radius 2 is 1.83 bits per heavy atom. The molecule has 2 saturated heterocycles. The Labute approximate surface area is 171 Å². The van der Waals surface area contributed by atoms with Gasteiger partial charge < -0.3 is 19.9 Å². The van der Waals surface area contributed by atoms with Crippen molar-refractivity contribution in [3.63, 3.8) is 0 Å². The monoisotopic (exact) mass is 406 g/mol. The fourth-order valence-electron chi connectivity index (χ4n) is 3.76. The van der Waals surface area contributed by atoms with Gasteiger partial charge in [0.2, 0.25) is 5.91 Å². The third kappa shape index (κ3) is 5.38. The third-order valence-electron chi connectivity index (χ3n) is 5.31. The molecular formula is C21H31FN4O3. The first-order chi connectivity index (χ1) is 13.6. The molecule has 2 amide bonds. The average molecular weight is 407 g/mol. The second-order valence-electron chi connectivity index (χ2n) is 8.75. The van der Waals surface area contributed by atoms with Gasteiger partial charge >= 0.3 is 6.09 Å². The van der Waals surface area contributed by atoms with Crippen LogP contribution in [0.4, 0.5) is 20.6 Å². The summed E-state index contributed by atoms with van der Waals surface area (Å²) in [5, 5.41) is 2.82. The lowest BCUT2D eigenvalue weighted by molar-refractivity contribution is -0.119. The minimum absolute atomic E-state index is 0.0943. The summed E-state index contributed by atoms with van der Waals surface area (Å²) in [6, 6.07) is 4.62. The number of hydrogen-bond acceptors (Lipinski definition) is 5. The molecule has 8 heteroatoms. The van der Waals surface area contributed by atoms with Crippen LogP contribution in [0.2, 0.25) is 0 Å². The van der Waals surface area contributed by atoms with Crippen LogP contribution in [0.25, 0.3) is 0 Å². The van der Waals surface area contributed by atoms with Gasteiger partial charge in [0.05, 0.1) is 11.7 Å². The van der Waals surface area contributed by atoms with Crippen molar-refractivity contribution in [3.05, 3.63) is 24.0 Å². The quantitative estimate of drug-likeness (QED) is 0.836. The molecule has 0 aromatic heterocycles. The van der Waals surface area contributed by atoms with Crippen molar-refractivity contribution in [2.75, 3.05) is 50.0 Å². The molecule has 0 saturated carbocycles. The van der Waals surface area contributed by atoms with Crippen molar-refractivity contribution >= 4 is 23.4 Å². The molecule has 3 rings (SSSR count). The number of benzene rings is 1. The summed E-state index contributed by atoms with van der Waals surface area (Å²) in [7, 11) is 1.93. The van der Waals surface area contributed by atoms with Crippen LogP contribution < -0.4 is 10.2 Å². The molecule has 0 spiro atoms. The molecule has 1 aromatic rings. The molecule has 0 aliphatic carbocycles. The van der Waals surface area contributed by atoms with Crippen LogP contribution in [0.15, 0.2) is 18.2 Å². The average Bonchev–Trinajstić information content (AvgIpc) is 3.07. The van der Waals surface area contributed by atoms with Gasteiger partial charge in [0, 0.05) is 31.9 Å². The Hall–Kier alpha value is -2.35. The summed E-state index contributed by atoms with van der Waals surface area (Å²) in [5.41, 5.74) is 0.405. The van der Waals surface area contributed by atoms with Gasteiger partial charge in [-0.05, 0) is 65.4 Å². The molecule has 29 heavy (non-hydrogen) atoms. The third-order valence-corrected chi connectivity index (χ3v) is 5.31. The van der Waals surface area contributed by atoms with E-state index in [0.717, 1.165) is 19.4 Å². The van der Waals surface area contributed by atoms with E-state index in [1.165, 1.54) is 6.07 Å². The van der Waals surface area contributed by atoms with Crippen LogP contribution in [0, 0.1) is 5.82 Å². The van der Waals surface area contributed by atoms with Crippen LogP contribution in [0.1, 0.15) is 33.6 Å². The molecule has 7 nitrogen and oxygen atoms in total. The van der Waals surface area contributed by atoms with Crippen LogP contribution in [0.5, 0.6) is 0 Å². The van der Waals surface area contributed by atoms with Gasteiger partial charge in [-0.25, -0.2) is 9.18 Å². The first-order valence-corrected chi connectivity index (χ1v) is 10.2. The van der Waals surface area contributed by atoms with E-state index >= 15 is 0 Å². The number of nitrogens with one attached hydrogen (secondary N) is 1. The number of halogens is 1. The van der Waals surface area contributed by atoms with E-state index in [1.807, 2.05) is 37.6 Å². The largest absolute Gasteiger partial charge is 0.444 e. The lowest BCUT2D eigenvalue weighted by atomic mass is 10.2. The summed E-state index contributed by atoms with van der Waals surface area (Å²) in [6.07, 6.45) is 1.48. The fourth-order valence-corrected chi connectivity index (χ4v) is 3.76. The summed E-state index contributed by atoms with van der Waals surface area (Å²) in [6.45, 7) is 8.40. The Morgan fingerprint density at radius 1 is 1.14 bits per heavy atom. The van der Waals surface area contributed by atoms with Crippen LogP contribution in [0.3, 0.4) is 0 Å². The SMILES string of the molecule is CN1CCC[C@@H]1C(=O)Nc1ccc(N2CCN(C(=O)OC(C)(C)C)CC2)c(F)c1. The lowest BCUT2D eigenvalue weighted by Gasteiger charge is -2.36. The molecule has 0 bridgehead atoms. The summed E-state index contributed by atoms with van der Waals surface area (Å²) in [5.74, 6) is -0.476. The number of ether oxygens (including phenoxy) is 1.